The molecule has 3 nitrogen and oxygen atoms in total. The molecule has 0 saturated heterocycles. The van der Waals surface area contributed by atoms with Crippen molar-refractivity contribution in [3.63, 3.8) is 0 Å². The lowest BCUT2D eigenvalue weighted by atomic mass is 9.49. The van der Waals surface area contributed by atoms with Gasteiger partial charge in [0.05, 0.1) is 17.7 Å². The quantitative estimate of drug-likeness (QED) is 0.903. The Bertz CT molecular complexity index is 545. The number of hydrogen-bond acceptors (Lipinski definition) is 2. The van der Waals surface area contributed by atoms with Crippen LogP contribution in [0.2, 0.25) is 0 Å². The van der Waals surface area contributed by atoms with E-state index in [1.807, 2.05) is 31.2 Å². The van der Waals surface area contributed by atoms with Crippen LogP contribution >= 0.6 is 0 Å². The molecule has 118 valence electrons. The van der Waals surface area contributed by atoms with Crippen LogP contribution in [0.25, 0.3) is 0 Å². The second kappa shape index (κ2) is 5.29. The molecule has 0 radical (unpaired) electrons. The van der Waals surface area contributed by atoms with Gasteiger partial charge in [0.15, 0.2) is 0 Å². The highest BCUT2D eigenvalue weighted by molar-refractivity contribution is 5.96. The fourth-order valence-corrected chi connectivity index (χ4v) is 5.49. The van der Waals surface area contributed by atoms with Gasteiger partial charge in [-0.3, -0.25) is 4.79 Å². The number of amides is 1. The van der Waals surface area contributed by atoms with E-state index in [4.69, 9.17) is 4.74 Å². The molecule has 1 amide bonds. The van der Waals surface area contributed by atoms with Gasteiger partial charge < -0.3 is 10.1 Å². The SMILES string of the molecule is CCOc1ccccc1NC(=O)C12CC3CC(CC(C3)C1)C2. The van der Waals surface area contributed by atoms with Crippen LogP contribution in [-0.2, 0) is 4.79 Å². The van der Waals surface area contributed by atoms with Crippen LogP contribution in [-0.4, -0.2) is 12.5 Å². The van der Waals surface area contributed by atoms with Gasteiger partial charge in [-0.15, -0.1) is 0 Å². The van der Waals surface area contributed by atoms with Crippen LogP contribution in [0, 0.1) is 23.2 Å². The average Bonchev–Trinajstić information content (AvgIpc) is 2.48. The maximum absolute atomic E-state index is 13.1. The van der Waals surface area contributed by atoms with Crippen LogP contribution in [0.4, 0.5) is 5.69 Å². The summed E-state index contributed by atoms with van der Waals surface area (Å²) in [6.07, 6.45) is 7.39. The van der Waals surface area contributed by atoms with Crippen molar-refractivity contribution in [2.45, 2.75) is 45.4 Å². The van der Waals surface area contributed by atoms with Gasteiger partial charge in [0.1, 0.15) is 5.75 Å². The predicted octanol–water partition coefficient (Wildman–Crippen LogP) is 4.24. The summed E-state index contributed by atoms with van der Waals surface area (Å²) in [7, 11) is 0. The van der Waals surface area contributed by atoms with Gasteiger partial charge >= 0.3 is 0 Å². The summed E-state index contributed by atoms with van der Waals surface area (Å²) < 4.78 is 5.64. The summed E-state index contributed by atoms with van der Waals surface area (Å²) in [5, 5.41) is 3.19. The number of nitrogens with one attached hydrogen (secondary N) is 1. The molecule has 5 rings (SSSR count). The highest BCUT2D eigenvalue weighted by atomic mass is 16.5. The molecule has 1 aromatic rings. The molecular formula is C19H25NO2. The molecule has 4 fully saturated rings. The minimum atomic E-state index is -0.103. The van der Waals surface area contributed by atoms with E-state index in [-0.39, 0.29) is 11.3 Å². The minimum Gasteiger partial charge on any atom is -0.492 e. The highest BCUT2D eigenvalue weighted by Crippen LogP contribution is 2.60. The molecule has 4 saturated carbocycles. The molecule has 0 atom stereocenters. The summed E-state index contributed by atoms with van der Waals surface area (Å²) >= 11 is 0. The first-order valence-electron chi connectivity index (χ1n) is 8.72. The maximum atomic E-state index is 13.1. The fourth-order valence-electron chi connectivity index (χ4n) is 5.49. The Kier molecular flexibility index (Phi) is 3.39. The van der Waals surface area contributed by atoms with E-state index >= 15 is 0 Å². The predicted molar refractivity (Wildman–Crippen MR) is 86.8 cm³/mol. The Labute approximate surface area is 132 Å². The Hall–Kier alpha value is -1.51. The molecule has 0 aliphatic heterocycles. The Morgan fingerprint density at radius 3 is 2.32 bits per heavy atom. The van der Waals surface area contributed by atoms with Crippen LogP contribution < -0.4 is 10.1 Å². The fraction of sp³-hybridized carbons (Fsp3) is 0.632. The molecule has 4 aliphatic rings. The Morgan fingerprint density at radius 2 is 1.73 bits per heavy atom. The second-order valence-corrected chi connectivity index (χ2v) is 7.58. The molecule has 1 N–H and O–H groups in total. The van der Waals surface area contributed by atoms with E-state index in [1.165, 1.54) is 19.3 Å². The number of para-hydroxylation sites is 2. The van der Waals surface area contributed by atoms with Crippen molar-refractivity contribution in [1.82, 2.24) is 0 Å². The molecular weight excluding hydrogens is 274 g/mol. The molecule has 3 heteroatoms. The lowest BCUT2D eigenvalue weighted by Crippen LogP contribution is -2.51. The molecule has 0 heterocycles. The van der Waals surface area contributed by atoms with Crippen LogP contribution in [0.1, 0.15) is 45.4 Å². The average molecular weight is 299 g/mol. The molecule has 0 unspecified atom stereocenters. The van der Waals surface area contributed by atoms with E-state index in [9.17, 15) is 4.79 Å². The number of carbonyl (C=O) groups is 1. The third-order valence-electron chi connectivity index (χ3n) is 5.96. The van der Waals surface area contributed by atoms with Gasteiger partial charge in [0.2, 0.25) is 5.91 Å². The topological polar surface area (TPSA) is 38.3 Å². The van der Waals surface area contributed by atoms with Crippen molar-refractivity contribution < 1.29 is 9.53 Å². The lowest BCUT2D eigenvalue weighted by molar-refractivity contribution is -0.140. The summed E-state index contributed by atoms with van der Waals surface area (Å²) in [6, 6.07) is 7.78. The van der Waals surface area contributed by atoms with Crippen molar-refractivity contribution in [1.29, 1.82) is 0 Å². The summed E-state index contributed by atoms with van der Waals surface area (Å²) in [5.41, 5.74) is 0.721. The van der Waals surface area contributed by atoms with Crippen molar-refractivity contribution in [3.05, 3.63) is 24.3 Å². The summed E-state index contributed by atoms with van der Waals surface area (Å²) in [4.78, 5) is 13.1. The molecule has 22 heavy (non-hydrogen) atoms. The number of ether oxygens (including phenoxy) is 1. The van der Waals surface area contributed by atoms with Gasteiger partial charge in [0.25, 0.3) is 0 Å². The highest BCUT2D eigenvalue weighted by Gasteiger charge is 2.54. The van der Waals surface area contributed by atoms with Crippen molar-refractivity contribution in [3.8, 4) is 5.75 Å². The zero-order valence-electron chi connectivity index (χ0n) is 13.3. The second-order valence-electron chi connectivity index (χ2n) is 7.58. The smallest absolute Gasteiger partial charge is 0.230 e. The molecule has 0 spiro atoms. The monoisotopic (exact) mass is 299 g/mol. The van der Waals surface area contributed by atoms with E-state index in [0.29, 0.717) is 6.61 Å². The van der Waals surface area contributed by atoms with Crippen molar-refractivity contribution in [2.75, 3.05) is 11.9 Å². The first-order chi connectivity index (χ1) is 10.7. The Balaban J connectivity index is 1.55. The van der Waals surface area contributed by atoms with Crippen LogP contribution in [0.5, 0.6) is 5.75 Å². The van der Waals surface area contributed by atoms with E-state index in [0.717, 1.165) is 48.5 Å². The first-order valence-corrected chi connectivity index (χ1v) is 8.72. The standard InChI is InChI=1S/C19H25NO2/c1-2-22-17-6-4-3-5-16(17)20-18(21)19-10-13-7-14(11-19)9-15(8-13)12-19/h3-6,13-15H,2,7-12H2,1H3,(H,20,21). The largest absolute Gasteiger partial charge is 0.492 e. The molecule has 0 aromatic heterocycles. The Morgan fingerprint density at radius 1 is 1.14 bits per heavy atom. The number of benzene rings is 1. The minimum absolute atomic E-state index is 0.103. The van der Waals surface area contributed by atoms with Gasteiger partial charge in [-0.25, -0.2) is 0 Å². The zero-order valence-corrected chi connectivity index (χ0v) is 13.3. The van der Waals surface area contributed by atoms with E-state index < -0.39 is 0 Å². The summed E-state index contributed by atoms with van der Waals surface area (Å²) in [6.45, 7) is 2.59. The molecule has 4 bridgehead atoms. The number of carbonyl (C=O) groups excluding carboxylic acids is 1. The van der Waals surface area contributed by atoms with E-state index in [1.54, 1.807) is 0 Å². The van der Waals surface area contributed by atoms with Crippen molar-refractivity contribution in [2.24, 2.45) is 23.2 Å². The van der Waals surface area contributed by atoms with Gasteiger partial charge in [-0.1, -0.05) is 12.1 Å². The third-order valence-corrected chi connectivity index (χ3v) is 5.96. The first kappa shape index (κ1) is 14.1. The van der Waals surface area contributed by atoms with Gasteiger partial charge in [0, 0.05) is 0 Å². The normalized spacial score (nSPS) is 35.4. The maximum Gasteiger partial charge on any atom is 0.230 e. The third kappa shape index (κ3) is 2.31. The number of rotatable bonds is 4. The number of anilines is 1. The van der Waals surface area contributed by atoms with E-state index in [2.05, 4.69) is 5.32 Å². The number of hydrogen-bond donors (Lipinski definition) is 1. The zero-order chi connectivity index (χ0) is 15.2. The van der Waals surface area contributed by atoms with Crippen LogP contribution in [0.3, 0.4) is 0 Å². The molecule has 4 aliphatic carbocycles. The molecule has 1 aromatic carbocycles. The van der Waals surface area contributed by atoms with Crippen molar-refractivity contribution >= 4 is 11.6 Å². The lowest BCUT2D eigenvalue weighted by Gasteiger charge is -2.55. The van der Waals surface area contributed by atoms with Gasteiger partial charge in [-0.2, -0.15) is 0 Å². The van der Waals surface area contributed by atoms with Gasteiger partial charge in [-0.05, 0) is 75.3 Å². The summed E-state index contributed by atoms with van der Waals surface area (Å²) in [5.74, 6) is 3.39. The van der Waals surface area contributed by atoms with Crippen LogP contribution in [0.15, 0.2) is 24.3 Å².